The summed E-state index contributed by atoms with van der Waals surface area (Å²) in [5, 5.41) is 34.1. The lowest BCUT2D eigenvalue weighted by molar-refractivity contribution is -0.145. The number of carboxylic acids is 2. The minimum atomic E-state index is -1.75. The van der Waals surface area contributed by atoms with E-state index in [9.17, 15) is 33.9 Å². The number of hydrogen-bond acceptors (Lipinski definition) is 9. The predicted octanol–water partition coefficient (Wildman–Crippen LogP) is -4.06. The summed E-state index contributed by atoms with van der Waals surface area (Å²) in [5.41, 5.74) is 11.5. The van der Waals surface area contributed by atoms with Crippen LogP contribution in [0.5, 0.6) is 0 Å². The molecule has 0 aliphatic rings. The Hall–Kier alpha value is -4.05. The van der Waals surface area contributed by atoms with Gasteiger partial charge in [-0.25, -0.2) is 9.78 Å². The van der Waals surface area contributed by atoms with Crippen molar-refractivity contribution in [3.8, 4) is 0 Å². The van der Waals surface area contributed by atoms with Crippen molar-refractivity contribution in [1.82, 2.24) is 25.9 Å². The number of aliphatic carboxylic acids is 2. The number of carboxylic acid groups (broad SMARTS) is 2. The van der Waals surface area contributed by atoms with Crippen molar-refractivity contribution in [2.24, 2.45) is 11.5 Å². The van der Waals surface area contributed by atoms with E-state index in [1.54, 1.807) is 0 Å². The van der Waals surface area contributed by atoms with E-state index in [-0.39, 0.29) is 12.8 Å². The van der Waals surface area contributed by atoms with E-state index < -0.39 is 78.7 Å². The normalized spacial score (nSPS) is 15.1. The Kier molecular flexibility index (Phi) is 11.3. The molecule has 1 rings (SSSR count). The van der Waals surface area contributed by atoms with Gasteiger partial charge in [-0.05, 0) is 13.3 Å². The molecule has 0 saturated carbocycles. The van der Waals surface area contributed by atoms with E-state index in [1.165, 1.54) is 12.5 Å². The maximum atomic E-state index is 12.8. The quantitative estimate of drug-likeness (QED) is 0.112. The van der Waals surface area contributed by atoms with Gasteiger partial charge in [0.1, 0.15) is 12.1 Å². The number of aliphatic hydroxyl groups excluding tert-OH is 1. The van der Waals surface area contributed by atoms with Crippen LogP contribution in [0.25, 0.3) is 0 Å². The lowest BCUT2D eigenvalue weighted by atomic mass is 10.1. The molecule has 0 aliphatic heterocycles. The number of carbonyl (C=O) groups is 6. The van der Waals surface area contributed by atoms with Crippen LogP contribution >= 0.6 is 0 Å². The molecule has 35 heavy (non-hydrogen) atoms. The van der Waals surface area contributed by atoms with Gasteiger partial charge in [0.15, 0.2) is 6.04 Å². The number of imidazole rings is 1. The average molecular weight is 499 g/mol. The van der Waals surface area contributed by atoms with Gasteiger partial charge < -0.3 is 47.7 Å². The van der Waals surface area contributed by atoms with Crippen LogP contribution in [0.4, 0.5) is 0 Å². The second kappa shape index (κ2) is 13.6. The zero-order valence-electron chi connectivity index (χ0n) is 18.8. The summed E-state index contributed by atoms with van der Waals surface area (Å²) in [6.07, 6.45) is -0.347. The third-order valence-corrected chi connectivity index (χ3v) is 4.70. The molecule has 5 unspecified atom stereocenters. The molecule has 16 nitrogen and oxygen atoms in total. The summed E-state index contributed by atoms with van der Waals surface area (Å²) in [4.78, 5) is 78.0. The van der Waals surface area contributed by atoms with Crippen LogP contribution in [0.3, 0.4) is 0 Å². The predicted molar refractivity (Wildman–Crippen MR) is 116 cm³/mol. The Bertz CT molecular complexity index is 920. The maximum Gasteiger partial charge on any atom is 0.328 e. The van der Waals surface area contributed by atoms with Crippen molar-refractivity contribution in [1.29, 1.82) is 0 Å². The van der Waals surface area contributed by atoms with Crippen molar-refractivity contribution in [2.45, 2.75) is 62.9 Å². The molecule has 11 N–H and O–H groups in total. The molecule has 1 aromatic heterocycles. The number of nitrogens with two attached hydrogens (primary N) is 2. The minimum Gasteiger partial charge on any atom is -0.481 e. The first-order valence-corrected chi connectivity index (χ1v) is 10.4. The third-order valence-electron chi connectivity index (χ3n) is 4.70. The lowest BCUT2D eigenvalue weighted by Crippen LogP contribution is -2.59. The molecule has 0 bridgehead atoms. The monoisotopic (exact) mass is 499 g/mol. The second-order valence-corrected chi connectivity index (χ2v) is 7.68. The number of primary amides is 1. The SMILES string of the molecule is CC(O)C(NC(=O)C(CC(N)=O)NC(=O)C(CCC(=O)O)NC(=O)C(N)Cc1cnc[nH]1)C(=O)O. The van der Waals surface area contributed by atoms with Crippen LogP contribution in [0.15, 0.2) is 12.5 Å². The molecule has 16 heteroatoms. The smallest absolute Gasteiger partial charge is 0.328 e. The molecule has 1 heterocycles. The zero-order valence-corrected chi connectivity index (χ0v) is 18.8. The highest BCUT2D eigenvalue weighted by Gasteiger charge is 2.32. The van der Waals surface area contributed by atoms with E-state index in [4.69, 9.17) is 21.7 Å². The Morgan fingerprint density at radius 3 is 2.11 bits per heavy atom. The van der Waals surface area contributed by atoms with E-state index in [0.717, 1.165) is 6.92 Å². The van der Waals surface area contributed by atoms with Crippen molar-refractivity contribution in [3.63, 3.8) is 0 Å². The molecular formula is C19H29N7O9. The number of carbonyl (C=O) groups excluding carboxylic acids is 4. The average Bonchev–Trinajstić information content (AvgIpc) is 3.25. The molecule has 4 amide bonds. The summed E-state index contributed by atoms with van der Waals surface area (Å²) in [7, 11) is 0. The fourth-order valence-corrected chi connectivity index (χ4v) is 2.87. The summed E-state index contributed by atoms with van der Waals surface area (Å²) < 4.78 is 0. The van der Waals surface area contributed by atoms with E-state index in [1.807, 2.05) is 5.32 Å². The first-order valence-electron chi connectivity index (χ1n) is 10.4. The van der Waals surface area contributed by atoms with Gasteiger partial charge in [0.2, 0.25) is 23.6 Å². The summed E-state index contributed by atoms with van der Waals surface area (Å²) in [5.74, 6) is -6.87. The number of aromatic amines is 1. The van der Waals surface area contributed by atoms with Crippen molar-refractivity contribution in [2.75, 3.05) is 0 Å². The topological polar surface area (TPSA) is 280 Å². The molecule has 0 aromatic carbocycles. The lowest BCUT2D eigenvalue weighted by Gasteiger charge is -2.25. The summed E-state index contributed by atoms with van der Waals surface area (Å²) in [6.45, 7) is 1.10. The van der Waals surface area contributed by atoms with Crippen molar-refractivity contribution in [3.05, 3.63) is 18.2 Å². The standard InChI is InChI=1S/C19H29N7O9/c1-8(27)15(19(34)35)26-18(33)12(5-13(21)28)25-17(32)11(2-3-14(29)30)24-16(31)10(20)4-9-6-22-7-23-9/h6-8,10-12,15,27H,2-5,20H2,1H3,(H2,21,28)(H,22,23)(H,24,31)(H,25,32)(H,26,33)(H,29,30)(H,34,35). The zero-order chi connectivity index (χ0) is 26.7. The summed E-state index contributed by atoms with van der Waals surface area (Å²) in [6, 6.07) is -6.04. The number of rotatable bonds is 15. The van der Waals surface area contributed by atoms with Crippen LogP contribution < -0.4 is 27.4 Å². The first kappa shape index (κ1) is 29.0. The van der Waals surface area contributed by atoms with Gasteiger partial charge in [-0.2, -0.15) is 0 Å². The first-order chi connectivity index (χ1) is 16.3. The van der Waals surface area contributed by atoms with Crippen LogP contribution in [-0.2, 0) is 35.2 Å². The minimum absolute atomic E-state index is 0.0295. The Labute approximate surface area is 198 Å². The number of hydrogen-bond donors (Lipinski definition) is 9. The molecule has 0 aliphatic carbocycles. The number of nitrogens with zero attached hydrogens (tertiary/aromatic N) is 1. The van der Waals surface area contributed by atoms with Crippen molar-refractivity contribution >= 4 is 35.6 Å². The van der Waals surface area contributed by atoms with Crippen molar-refractivity contribution < 1.29 is 44.1 Å². The van der Waals surface area contributed by atoms with Gasteiger partial charge in [0.05, 0.1) is 24.9 Å². The van der Waals surface area contributed by atoms with Gasteiger partial charge in [-0.15, -0.1) is 0 Å². The van der Waals surface area contributed by atoms with Crippen LogP contribution in [-0.4, -0.2) is 91.1 Å². The molecule has 1 aromatic rings. The second-order valence-electron chi connectivity index (χ2n) is 7.68. The number of amides is 4. The molecule has 5 atom stereocenters. The molecule has 0 radical (unpaired) electrons. The Morgan fingerprint density at radius 1 is 1.03 bits per heavy atom. The Balaban J connectivity index is 2.99. The third kappa shape index (κ3) is 10.2. The fraction of sp³-hybridized carbons (Fsp3) is 0.526. The highest BCUT2D eigenvalue weighted by molar-refractivity contribution is 5.96. The number of aliphatic hydroxyl groups is 1. The summed E-state index contributed by atoms with van der Waals surface area (Å²) >= 11 is 0. The van der Waals surface area contributed by atoms with Gasteiger partial charge >= 0.3 is 11.9 Å². The molecular weight excluding hydrogens is 470 g/mol. The van der Waals surface area contributed by atoms with Gasteiger partial charge in [0, 0.05) is 24.7 Å². The fourth-order valence-electron chi connectivity index (χ4n) is 2.87. The van der Waals surface area contributed by atoms with E-state index >= 15 is 0 Å². The van der Waals surface area contributed by atoms with Gasteiger partial charge in [-0.1, -0.05) is 0 Å². The highest BCUT2D eigenvalue weighted by Crippen LogP contribution is 2.04. The number of aromatic nitrogens is 2. The molecule has 0 fully saturated rings. The Morgan fingerprint density at radius 2 is 1.63 bits per heavy atom. The van der Waals surface area contributed by atoms with Crippen LogP contribution in [0.1, 0.15) is 31.9 Å². The van der Waals surface area contributed by atoms with Crippen LogP contribution in [0, 0.1) is 0 Å². The molecule has 0 saturated heterocycles. The molecule has 194 valence electrons. The van der Waals surface area contributed by atoms with Gasteiger partial charge in [-0.3, -0.25) is 24.0 Å². The van der Waals surface area contributed by atoms with E-state index in [0.29, 0.717) is 5.69 Å². The highest BCUT2D eigenvalue weighted by atomic mass is 16.4. The number of nitrogens with one attached hydrogen (secondary N) is 4. The van der Waals surface area contributed by atoms with Crippen LogP contribution in [0.2, 0.25) is 0 Å². The van der Waals surface area contributed by atoms with Gasteiger partial charge in [0.25, 0.3) is 0 Å². The van der Waals surface area contributed by atoms with E-state index in [2.05, 4.69) is 20.6 Å². The number of H-pyrrole nitrogens is 1. The largest absolute Gasteiger partial charge is 0.481 e. The molecule has 0 spiro atoms. The maximum absolute atomic E-state index is 12.8.